The van der Waals surface area contributed by atoms with Crippen LogP contribution < -0.4 is 10.1 Å². The molecule has 1 N–H and O–H groups in total. The van der Waals surface area contributed by atoms with Gasteiger partial charge < -0.3 is 10.1 Å². The van der Waals surface area contributed by atoms with Crippen molar-refractivity contribution in [2.45, 2.75) is 12.8 Å². The van der Waals surface area contributed by atoms with Gasteiger partial charge in [0, 0.05) is 5.02 Å². The Balaban J connectivity index is 2.15. The molecule has 0 aliphatic heterocycles. The lowest BCUT2D eigenvalue weighted by Crippen LogP contribution is -2.09. The minimum absolute atomic E-state index is 0.743. The van der Waals surface area contributed by atoms with Crippen LogP contribution in [0.2, 0.25) is 5.02 Å². The van der Waals surface area contributed by atoms with Crippen molar-refractivity contribution in [2.75, 3.05) is 20.2 Å². The zero-order valence-corrected chi connectivity index (χ0v) is 9.18. The Hall–Kier alpha value is -0.730. The van der Waals surface area contributed by atoms with E-state index < -0.39 is 0 Å². The molecule has 0 amide bonds. The number of hydrogen-bond donors (Lipinski definition) is 1. The monoisotopic (exact) mass is 213 g/mol. The van der Waals surface area contributed by atoms with Crippen LogP contribution in [-0.4, -0.2) is 20.2 Å². The van der Waals surface area contributed by atoms with E-state index >= 15 is 0 Å². The third-order valence-corrected chi connectivity index (χ3v) is 2.16. The molecule has 1 aromatic rings. The van der Waals surface area contributed by atoms with Gasteiger partial charge in [0.05, 0.1) is 6.61 Å². The summed E-state index contributed by atoms with van der Waals surface area (Å²) >= 11 is 5.75. The molecule has 3 heteroatoms. The number of rotatable bonds is 6. The molecular formula is C11H16ClNO. The lowest BCUT2D eigenvalue weighted by molar-refractivity contribution is 0.306. The topological polar surface area (TPSA) is 21.3 Å². The summed E-state index contributed by atoms with van der Waals surface area (Å²) in [6.45, 7) is 1.81. The van der Waals surface area contributed by atoms with Gasteiger partial charge >= 0.3 is 0 Å². The molecule has 14 heavy (non-hydrogen) atoms. The Kier molecular flexibility index (Phi) is 5.42. The van der Waals surface area contributed by atoms with E-state index in [0.29, 0.717) is 0 Å². The van der Waals surface area contributed by atoms with Crippen molar-refractivity contribution < 1.29 is 4.74 Å². The molecule has 0 heterocycles. The summed E-state index contributed by atoms with van der Waals surface area (Å²) < 4.78 is 5.52. The zero-order valence-electron chi connectivity index (χ0n) is 8.42. The number of unbranched alkanes of at least 4 members (excludes halogenated alkanes) is 1. The van der Waals surface area contributed by atoms with Gasteiger partial charge in [0.25, 0.3) is 0 Å². The predicted molar refractivity (Wildman–Crippen MR) is 60.1 cm³/mol. The normalized spacial score (nSPS) is 10.1. The Morgan fingerprint density at radius 3 is 2.57 bits per heavy atom. The van der Waals surface area contributed by atoms with Crippen LogP contribution in [0.25, 0.3) is 0 Å². The van der Waals surface area contributed by atoms with Crippen molar-refractivity contribution in [3.63, 3.8) is 0 Å². The Morgan fingerprint density at radius 2 is 1.93 bits per heavy atom. The maximum atomic E-state index is 5.75. The molecule has 0 unspecified atom stereocenters. The van der Waals surface area contributed by atoms with E-state index in [2.05, 4.69) is 5.32 Å². The van der Waals surface area contributed by atoms with Gasteiger partial charge in [-0.1, -0.05) is 11.6 Å². The standard InChI is InChI=1S/C11H16ClNO/c1-13-8-2-3-9-14-11-6-4-10(12)5-7-11/h4-7,13H,2-3,8-9H2,1H3. The van der Waals surface area contributed by atoms with Crippen molar-refractivity contribution in [1.82, 2.24) is 5.32 Å². The first-order valence-corrected chi connectivity index (χ1v) is 5.23. The van der Waals surface area contributed by atoms with Crippen LogP contribution in [0.5, 0.6) is 5.75 Å². The van der Waals surface area contributed by atoms with Crippen LogP contribution in [0, 0.1) is 0 Å². The summed E-state index contributed by atoms with van der Waals surface area (Å²) in [6, 6.07) is 7.45. The summed E-state index contributed by atoms with van der Waals surface area (Å²) in [7, 11) is 1.96. The molecule has 1 rings (SSSR count). The molecule has 0 saturated heterocycles. The fourth-order valence-electron chi connectivity index (χ4n) is 1.12. The minimum atomic E-state index is 0.743. The summed E-state index contributed by atoms with van der Waals surface area (Å²) in [6.07, 6.45) is 2.22. The van der Waals surface area contributed by atoms with Crippen LogP contribution in [-0.2, 0) is 0 Å². The highest BCUT2D eigenvalue weighted by Gasteiger charge is 1.93. The van der Waals surface area contributed by atoms with Crippen molar-refractivity contribution in [1.29, 1.82) is 0 Å². The van der Waals surface area contributed by atoms with E-state index in [1.165, 1.54) is 0 Å². The molecule has 0 atom stereocenters. The van der Waals surface area contributed by atoms with Crippen molar-refractivity contribution in [2.24, 2.45) is 0 Å². The van der Waals surface area contributed by atoms with Crippen LogP contribution >= 0.6 is 11.6 Å². The second-order valence-electron chi connectivity index (χ2n) is 3.11. The highest BCUT2D eigenvalue weighted by Crippen LogP contribution is 2.15. The van der Waals surface area contributed by atoms with Gasteiger partial charge in [0.15, 0.2) is 0 Å². The summed E-state index contributed by atoms with van der Waals surface area (Å²) in [4.78, 5) is 0. The molecule has 2 nitrogen and oxygen atoms in total. The molecule has 0 radical (unpaired) electrons. The van der Waals surface area contributed by atoms with E-state index in [9.17, 15) is 0 Å². The fourth-order valence-corrected chi connectivity index (χ4v) is 1.25. The van der Waals surface area contributed by atoms with Crippen molar-refractivity contribution in [3.05, 3.63) is 29.3 Å². The first-order chi connectivity index (χ1) is 6.83. The third-order valence-electron chi connectivity index (χ3n) is 1.90. The molecule has 0 saturated carbocycles. The summed E-state index contributed by atoms with van der Waals surface area (Å²) in [5.41, 5.74) is 0. The average Bonchev–Trinajstić information content (AvgIpc) is 2.21. The van der Waals surface area contributed by atoms with Crippen LogP contribution in [0.1, 0.15) is 12.8 Å². The highest BCUT2D eigenvalue weighted by atomic mass is 35.5. The predicted octanol–water partition coefficient (Wildman–Crippen LogP) is 2.72. The summed E-state index contributed by atoms with van der Waals surface area (Å²) in [5, 5.41) is 3.84. The first-order valence-electron chi connectivity index (χ1n) is 4.86. The van der Waals surface area contributed by atoms with E-state index in [4.69, 9.17) is 16.3 Å². The van der Waals surface area contributed by atoms with Gasteiger partial charge in [0.1, 0.15) is 5.75 Å². The van der Waals surface area contributed by atoms with E-state index in [-0.39, 0.29) is 0 Å². The SMILES string of the molecule is CNCCCCOc1ccc(Cl)cc1. The van der Waals surface area contributed by atoms with Gasteiger partial charge in [-0.3, -0.25) is 0 Å². The van der Waals surface area contributed by atoms with E-state index in [0.717, 1.165) is 36.8 Å². The van der Waals surface area contributed by atoms with Gasteiger partial charge in [0.2, 0.25) is 0 Å². The average molecular weight is 214 g/mol. The molecule has 0 bridgehead atoms. The lowest BCUT2D eigenvalue weighted by Gasteiger charge is -2.05. The second kappa shape index (κ2) is 6.68. The van der Waals surface area contributed by atoms with Gasteiger partial charge in [-0.05, 0) is 50.7 Å². The molecule has 0 aliphatic carbocycles. The second-order valence-corrected chi connectivity index (χ2v) is 3.55. The molecule has 0 fully saturated rings. The summed E-state index contributed by atoms with van der Waals surface area (Å²) in [5.74, 6) is 0.888. The maximum absolute atomic E-state index is 5.75. The van der Waals surface area contributed by atoms with Crippen LogP contribution in [0.3, 0.4) is 0 Å². The molecule has 0 spiro atoms. The van der Waals surface area contributed by atoms with E-state index in [1.54, 1.807) is 0 Å². The maximum Gasteiger partial charge on any atom is 0.119 e. The number of hydrogen-bond acceptors (Lipinski definition) is 2. The third kappa shape index (κ3) is 4.49. The van der Waals surface area contributed by atoms with E-state index in [1.807, 2.05) is 31.3 Å². The molecule has 1 aromatic carbocycles. The number of halogens is 1. The fraction of sp³-hybridized carbons (Fsp3) is 0.455. The lowest BCUT2D eigenvalue weighted by atomic mass is 10.3. The van der Waals surface area contributed by atoms with Crippen LogP contribution in [0.4, 0.5) is 0 Å². The molecular weight excluding hydrogens is 198 g/mol. The van der Waals surface area contributed by atoms with Crippen LogP contribution in [0.15, 0.2) is 24.3 Å². The smallest absolute Gasteiger partial charge is 0.119 e. The van der Waals surface area contributed by atoms with Crippen molar-refractivity contribution >= 4 is 11.6 Å². The van der Waals surface area contributed by atoms with Gasteiger partial charge in [-0.2, -0.15) is 0 Å². The Labute approximate surface area is 90.2 Å². The quantitative estimate of drug-likeness (QED) is 0.734. The van der Waals surface area contributed by atoms with Crippen molar-refractivity contribution in [3.8, 4) is 5.75 Å². The number of nitrogens with one attached hydrogen (secondary N) is 1. The number of ether oxygens (including phenoxy) is 1. The van der Waals surface area contributed by atoms with Gasteiger partial charge in [-0.25, -0.2) is 0 Å². The molecule has 78 valence electrons. The van der Waals surface area contributed by atoms with Gasteiger partial charge in [-0.15, -0.1) is 0 Å². The molecule has 0 aliphatic rings. The minimum Gasteiger partial charge on any atom is -0.494 e. The molecule has 0 aromatic heterocycles. The highest BCUT2D eigenvalue weighted by molar-refractivity contribution is 6.30. The first kappa shape index (κ1) is 11.3. The largest absolute Gasteiger partial charge is 0.494 e. The number of benzene rings is 1. The Bertz CT molecular complexity index is 248. The Morgan fingerprint density at radius 1 is 1.21 bits per heavy atom. The zero-order chi connectivity index (χ0) is 10.2.